The topological polar surface area (TPSA) is 21.3 Å². The Hall–Kier alpha value is -6.06. The molecular formula is C52H40N2O. The number of nitrogens with zero attached hydrogens (tertiary/aromatic N) is 2. The summed E-state index contributed by atoms with van der Waals surface area (Å²) in [7, 11) is 0. The molecule has 3 unspecified atom stereocenters. The Bertz CT molecular complexity index is 2960. The molecule has 2 heterocycles. The van der Waals surface area contributed by atoms with Crippen LogP contribution in [0.2, 0.25) is 0 Å². The second-order valence-electron chi connectivity index (χ2n) is 17.3. The van der Waals surface area contributed by atoms with E-state index in [9.17, 15) is 0 Å². The van der Waals surface area contributed by atoms with Crippen LogP contribution < -0.4 is 4.90 Å². The number of rotatable bonds is 6. The summed E-state index contributed by atoms with van der Waals surface area (Å²) in [6.07, 6.45) is 8.72. The highest BCUT2D eigenvalue weighted by molar-refractivity contribution is 6.09. The van der Waals surface area contributed by atoms with Gasteiger partial charge in [-0.05, 0) is 150 Å². The Balaban J connectivity index is 0.898. The van der Waals surface area contributed by atoms with Gasteiger partial charge in [-0.15, -0.1) is 0 Å². The first kappa shape index (κ1) is 30.3. The third kappa shape index (κ3) is 4.06. The summed E-state index contributed by atoms with van der Waals surface area (Å²) >= 11 is 0. The molecule has 264 valence electrons. The van der Waals surface area contributed by atoms with Crippen LogP contribution in [0.15, 0.2) is 168 Å². The molecule has 1 spiro atoms. The monoisotopic (exact) mass is 708 g/mol. The quantitative estimate of drug-likeness (QED) is 0.171. The van der Waals surface area contributed by atoms with Gasteiger partial charge < -0.3 is 13.9 Å². The molecule has 4 aliphatic carbocycles. The Morgan fingerprint density at radius 2 is 1.20 bits per heavy atom. The van der Waals surface area contributed by atoms with Gasteiger partial charge in [0.05, 0.1) is 11.0 Å². The van der Waals surface area contributed by atoms with E-state index in [1.165, 1.54) is 82.8 Å². The van der Waals surface area contributed by atoms with Gasteiger partial charge in [-0.1, -0.05) is 91.0 Å². The highest BCUT2D eigenvalue weighted by atomic mass is 16.3. The molecule has 0 N–H and O–H groups in total. The summed E-state index contributed by atoms with van der Waals surface area (Å²) < 4.78 is 8.66. The van der Waals surface area contributed by atoms with Crippen molar-refractivity contribution in [1.82, 2.24) is 4.57 Å². The fourth-order valence-electron chi connectivity index (χ4n) is 12.6. The number of fused-ring (bicyclic) bond motifs is 7. The van der Waals surface area contributed by atoms with Crippen molar-refractivity contribution in [3.63, 3.8) is 0 Å². The SMILES string of the molecule is c1cc(-c2ccc(N(c3ccc(C45C[C@@H]6CCC7(C4)CC67C5)cc3)c3ccc4oc5ccccc5c4c3)cc2)cc(-n2c3ccccc3c3ccccc32)c1. The Morgan fingerprint density at radius 1 is 0.527 bits per heavy atom. The number of aromatic nitrogens is 1. The molecule has 4 aliphatic rings. The van der Waals surface area contributed by atoms with E-state index in [1.54, 1.807) is 5.56 Å². The summed E-state index contributed by atoms with van der Waals surface area (Å²) in [4.78, 5) is 2.42. The van der Waals surface area contributed by atoms with Crippen LogP contribution in [0.4, 0.5) is 17.1 Å². The molecule has 0 amide bonds. The zero-order valence-corrected chi connectivity index (χ0v) is 30.7. The van der Waals surface area contributed by atoms with Crippen LogP contribution in [-0.2, 0) is 5.41 Å². The van der Waals surface area contributed by atoms with Crippen LogP contribution in [-0.4, -0.2) is 4.57 Å². The second-order valence-corrected chi connectivity index (χ2v) is 17.3. The van der Waals surface area contributed by atoms with Gasteiger partial charge in [-0.3, -0.25) is 0 Å². The smallest absolute Gasteiger partial charge is 0.135 e. The first-order valence-corrected chi connectivity index (χ1v) is 20.1. The minimum Gasteiger partial charge on any atom is -0.456 e. The number of benzene rings is 7. The molecule has 0 saturated heterocycles. The van der Waals surface area contributed by atoms with Gasteiger partial charge in [0.2, 0.25) is 0 Å². The Labute approximate surface area is 320 Å². The molecule has 3 heteroatoms. The van der Waals surface area contributed by atoms with E-state index in [-0.39, 0.29) is 0 Å². The largest absolute Gasteiger partial charge is 0.456 e. The molecule has 3 nitrogen and oxygen atoms in total. The van der Waals surface area contributed by atoms with E-state index in [0.717, 1.165) is 39.2 Å². The van der Waals surface area contributed by atoms with E-state index in [2.05, 4.69) is 167 Å². The maximum absolute atomic E-state index is 6.26. The Kier molecular flexibility index (Phi) is 5.82. The van der Waals surface area contributed by atoms with Crippen LogP contribution in [0.3, 0.4) is 0 Å². The van der Waals surface area contributed by atoms with Crippen molar-refractivity contribution in [3.8, 4) is 16.8 Å². The van der Waals surface area contributed by atoms with E-state index in [1.807, 2.05) is 6.07 Å². The van der Waals surface area contributed by atoms with Crippen molar-refractivity contribution >= 4 is 60.8 Å². The van der Waals surface area contributed by atoms with Crippen molar-refractivity contribution in [1.29, 1.82) is 0 Å². The summed E-state index contributed by atoms with van der Waals surface area (Å²) in [5.74, 6) is 0.968. The summed E-state index contributed by atoms with van der Waals surface area (Å²) in [5, 5.41) is 4.85. The molecule has 0 radical (unpaired) electrons. The molecule has 7 aromatic carbocycles. The molecule has 0 aliphatic heterocycles. The number of furan rings is 1. The maximum Gasteiger partial charge on any atom is 0.135 e. The minimum absolute atomic E-state index is 0.396. The molecular weight excluding hydrogens is 669 g/mol. The van der Waals surface area contributed by atoms with E-state index in [0.29, 0.717) is 16.2 Å². The highest BCUT2D eigenvalue weighted by Crippen LogP contribution is 2.91. The summed E-state index contributed by atoms with van der Waals surface area (Å²) in [6.45, 7) is 0. The fraction of sp³-hybridized carbons (Fsp3) is 0.192. The van der Waals surface area contributed by atoms with Gasteiger partial charge >= 0.3 is 0 Å². The number of hydrogen-bond donors (Lipinski definition) is 0. The number of hydrogen-bond acceptors (Lipinski definition) is 2. The molecule has 2 bridgehead atoms. The average Bonchev–Trinajstić information content (AvgIpc) is 3.60. The second kappa shape index (κ2) is 10.6. The van der Waals surface area contributed by atoms with Gasteiger partial charge in [-0.25, -0.2) is 0 Å². The van der Waals surface area contributed by atoms with Crippen molar-refractivity contribution in [2.24, 2.45) is 16.7 Å². The van der Waals surface area contributed by atoms with Gasteiger partial charge in [-0.2, -0.15) is 0 Å². The van der Waals surface area contributed by atoms with Crippen molar-refractivity contribution in [3.05, 3.63) is 169 Å². The normalized spacial score (nSPS) is 24.7. The van der Waals surface area contributed by atoms with Crippen LogP contribution >= 0.6 is 0 Å². The van der Waals surface area contributed by atoms with Crippen LogP contribution in [0, 0.1) is 16.7 Å². The lowest BCUT2D eigenvalue weighted by Gasteiger charge is -2.32. The zero-order chi connectivity index (χ0) is 35.9. The predicted molar refractivity (Wildman–Crippen MR) is 226 cm³/mol. The minimum atomic E-state index is 0.396. The standard InChI is InChI=1S/C52H40N2O/c1-4-13-46-42(10-1)43-11-2-5-14-47(43)54(46)40-9-7-8-35(28-40)34-16-20-38(21-17-34)53(41-24-25-49-45(29-41)44-12-3-6-15-48(44)55-49)39-22-18-36(19-23-39)50-30-37-26-27-51(31-50)33-52(37,51)32-50/h1-25,28-29,37H,26-27,30-33H2/t37-,50?,51?,52?/m0/s1. The lowest BCUT2D eigenvalue weighted by molar-refractivity contribution is 0.307. The third-order valence-corrected chi connectivity index (χ3v) is 14.8. The van der Waals surface area contributed by atoms with Crippen molar-refractivity contribution in [2.45, 2.75) is 43.9 Å². The predicted octanol–water partition coefficient (Wildman–Crippen LogP) is 14.0. The summed E-state index contributed by atoms with van der Waals surface area (Å²) in [6, 6.07) is 60.3. The molecule has 2 aromatic heterocycles. The number of para-hydroxylation sites is 3. The summed E-state index contributed by atoms with van der Waals surface area (Å²) in [5.41, 5.74) is 14.7. The highest BCUT2D eigenvalue weighted by Gasteiger charge is 2.84. The molecule has 4 saturated carbocycles. The number of anilines is 3. The molecule has 13 rings (SSSR count). The Morgan fingerprint density at radius 3 is 1.95 bits per heavy atom. The molecule has 55 heavy (non-hydrogen) atoms. The van der Waals surface area contributed by atoms with Crippen molar-refractivity contribution < 1.29 is 4.42 Å². The van der Waals surface area contributed by atoms with Crippen molar-refractivity contribution in [2.75, 3.05) is 4.90 Å². The molecule has 9 aromatic rings. The first-order valence-electron chi connectivity index (χ1n) is 20.1. The van der Waals surface area contributed by atoms with E-state index < -0.39 is 0 Å². The average molecular weight is 709 g/mol. The fourth-order valence-corrected chi connectivity index (χ4v) is 12.6. The van der Waals surface area contributed by atoms with Gasteiger partial charge in [0, 0.05) is 44.3 Å². The van der Waals surface area contributed by atoms with Crippen LogP contribution in [0.5, 0.6) is 0 Å². The zero-order valence-electron chi connectivity index (χ0n) is 30.7. The van der Waals surface area contributed by atoms with E-state index in [4.69, 9.17) is 4.42 Å². The molecule has 4 atom stereocenters. The maximum atomic E-state index is 6.26. The van der Waals surface area contributed by atoms with E-state index >= 15 is 0 Å². The van der Waals surface area contributed by atoms with Crippen LogP contribution in [0.25, 0.3) is 60.6 Å². The first-order chi connectivity index (χ1) is 27.1. The van der Waals surface area contributed by atoms with Gasteiger partial charge in [0.1, 0.15) is 11.2 Å². The van der Waals surface area contributed by atoms with Gasteiger partial charge in [0.15, 0.2) is 0 Å². The lowest BCUT2D eigenvalue weighted by Crippen LogP contribution is -2.24. The van der Waals surface area contributed by atoms with Crippen LogP contribution in [0.1, 0.15) is 44.1 Å². The lowest BCUT2D eigenvalue weighted by atomic mass is 9.74. The van der Waals surface area contributed by atoms with Gasteiger partial charge in [0.25, 0.3) is 0 Å². The third-order valence-electron chi connectivity index (χ3n) is 14.8. The molecule has 4 fully saturated rings.